The maximum absolute atomic E-state index is 12.9. The number of carboxylic acid groups (broad SMARTS) is 1. The average molecular weight is 810 g/mol. The summed E-state index contributed by atoms with van der Waals surface area (Å²) in [5.41, 5.74) is 11.9. The summed E-state index contributed by atoms with van der Waals surface area (Å²) >= 11 is 0. The molecule has 1 heterocycles. The van der Waals surface area contributed by atoms with Crippen molar-refractivity contribution >= 4 is 64.5 Å². The van der Waals surface area contributed by atoms with Gasteiger partial charge >= 0.3 is 5.97 Å². The third-order valence-electron chi connectivity index (χ3n) is 7.72. The standard InChI is InChI=1S/C37H47N9O12/c38-22-29(39)43-26-3-1-2-24(20-26)36(54)42-23-32(49)45-28(21-35(52)53)37(55)44-25-4-6-27(7-5-25)58-17-13-41-31(48)11-15-56-18-19-57-16-12-40-30(47)10-14-46-33(50)8-9-34(46)51/h1-9,20,28H,10-19,21-23,38H2,(H2,39,43)(H,40,47)(H,41,48)(H,42,54)(H,44,55)(H,45,49)(H,52,53)/t28-/m0/s1. The summed E-state index contributed by atoms with van der Waals surface area (Å²) in [5.74, 6) is -4.42. The fourth-order valence-corrected chi connectivity index (χ4v) is 4.83. The topological polar surface area (TPSA) is 312 Å². The Morgan fingerprint density at radius 1 is 0.793 bits per heavy atom. The number of nitrogens with one attached hydrogen (secondary N) is 5. The highest BCUT2D eigenvalue weighted by Gasteiger charge is 2.25. The van der Waals surface area contributed by atoms with Gasteiger partial charge in [-0.05, 0) is 42.5 Å². The summed E-state index contributed by atoms with van der Waals surface area (Å²) < 4.78 is 16.4. The Hall–Kier alpha value is -6.71. The van der Waals surface area contributed by atoms with Gasteiger partial charge < -0.3 is 57.4 Å². The van der Waals surface area contributed by atoms with E-state index in [9.17, 15) is 43.5 Å². The quantitative estimate of drug-likeness (QED) is 0.0228. The number of carbonyl (C=O) groups is 8. The molecule has 3 rings (SSSR count). The number of hydrogen-bond acceptors (Lipinski definition) is 13. The summed E-state index contributed by atoms with van der Waals surface area (Å²) in [6.45, 7) is 0.952. The molecule has 1 aliphatic rings. The van der Waals surface area contributed by atoms with Gasteiger partial charge in [0.05, 0.1) is 58.2 Å². The molecule has 0 unspecified atom stereocenters. The van der Waals surface area contributed by atoms with E-state index < -0.39 is 54.5 Å². The van der Waals surface area contributed by atoms with Crippen molar-refractivity contribution in [2.45, 2.75) is 25.3 Å². The molecule has 0 radical (unpaired) electrons. The maximum atomic E-state index is 12.9. The molecule has 21 heteroatoms. The number of carbonyl (C=O) groups excluding carboxylic acids is 7. The van der Waals surface area contributed by atoms with E-state index in [0.717, 1.165) is 17.1 Å². The van der Waals surface area contributed by atoms with Crippen molar-refractivity contribution in [3.63, 3.8) is 0 Å². The third kappa shape index (κ3) is 17.4. The van der Waals surface area contributed by atoms with Crippen LogP contribution in [0.4, 0.5) is 11.4 Å². The summed E-state index contributed by atoms with van der Waals surface area (Å²) in [6.07, 6.45) is 1.69. The molecule has 0 saturated heterocycles. The zero-order valence-corrected chi connectivity index (χ0v) is 31.5. The number of ether oxygens (including phenoxy) is 3. The van der Waals surface area contributed by atoms with E-state index in [-0.39, 0.29) is 95.3 Å². The number of anilines is 1. The number of nitrogens with two attached hydrogens (primary N) is 2. The van der Waals surface area contributed by atoms with E-state index in [4.69, 9.17) is 25.7 Å². The number of amidine groups is 1. The predicted octanol–water partition coefficient (Wildman–Crippen LogP) is -1.69. The Morgan fingerprint density at radius 2 is 1.45 bits per heavy atom. The van der Waals surface area contributed by atoms with E-state index >= 15 is 0 Å². The monoisotopic (exact) mass is 809 g/mol. The van der Waals surface area contributed by atoms with Crippen molar-refractivity contribution in [3.05, 3.63) is 66.2 Å². The smallest absolute Gasteiger partial charge is 0.305 e. The Bertz CT molecular complexity index is 1820. The number of amides is 7. The van der Waals surface area contributed by atoms with Crippen LogP contribution >= 0.6 is 0 Å². The lowest BCUT2D eigenvalue weighted by Gasteiger charge is -2.17. The number of aliphatic carboxylic acids is 1. The first-order valence-corrected chi connectivity index (χ1v) is 18.0. The molecule has 0 aromatic heterocycles. The van der Waals surface area contributed by atoms with Crippen LogP contribution in [0.5, 0.6) is 5.75 Å². The number of aliphatic imine (C=N–C) groups is 1. The van der Waals surface area contributed by atoms with E-state index in [1.807, 2.05) is 0 Å². The maximum Gasteiger partial charge on any atom is 0.305 e. The molecule has 1 atom stereocenters. The van der Waals surface area contributed by atoms with Gasteiger partial charge in [0, 0.05) is 49.3 Å². The molecule has 0 spiro atoms. The fourth-order valence-electron chi connectivity index (χ4n) is 4.83. The van der Waals surface area contributed by atoms with Crippen LogP contribution in [0.15, 0.2) is 65.7 Å². The number of imide groups is 1. The minimum absolute atomic E-state index is 0.00474. The molecule has 0 fully saturated rings. The van der Waals surface area contributed by atoms with Gasteiger partial charge in [-0.3, -0.25) is 43.3 Å². The molecule has 312 valence electrons. The lowest BCUT2D eigenvalue weighted by molar-refractivity contribution is -0.140. The second kappa shape index (κ2) is 24.7. The van der Waals surface area contributed by atoms with E-state index in [0.29, 0.717) is 17.1 Å². The number of benzene rings is 2. The summed E-state index contributed by atoms with van der Waals surface area (Å²) in [7, 11) is 0. The number of hydrogen-bond donors (Lipinski definition) is 8. The van der Waals surface area contributed by atoms with Crippen LogP contribution in [0, 0.1) is 0 Å². The number of carboxylic acids is 1. The first kappa shape index (κ1) is 45.7. The van der Waals surface area contributed by atoms with Crippen LogP contribution in [0.3, 0.4) is 0 Å². The van der Waals surface area contributed by atoms with Crippen LogP contribution in [0.2, 0.25) is 0 Å². The normalized spacial score (nSPS) is 12.8. The van der Waals surface area contributed by atoms with Crippen molar-refractivity contribution in [1.82, 2.24) is 26.2 Å². The van der Waals surface area contributed by atoms with Gasteiger partial charge in [0.2, 0.25) is 23.6 Å². The van der Waals surface area contributed by atoms with Gasteiger partial charge in [-0.25, -0.2) is 4.99 Å². The number of rotatable bonds is 26. The zero-order chi connectivity index (χ0) is 42.3. The molecule has 0 aliphatic carbocycles. The molecule has 2 aromatic rings. The first-order valence-electron chi connectivity index (χ1n) is 18.0. The third-order valence-corrected chi connectivity index (χ3v) is 7.72. The van der Waals surface area contributed by atoms with Gasteiger partial charge in [0.15, 0.2) is 0 Å². The van der Waals surface area contributed by atoms with Crippen LogP contribution in [0.1, 0.15) is 29.6 Å². The number of nitrogens with zero attached hydrogens (tertiary/aromatic N) is 2. The van der Waals surface area contributed by atoms with Gasteiger partial charge in [-0.15, -0.1) is 0 Å². The van der Waals surface area contributed by atoms with E-state index in [1.165, 1.54) is 24.3 Å². The highest BCUT2D eigenvalue weighted by Crippen LogP contribution is 2.17. The van der Waals surface area contributed by atoms with Crippen LogP contribution < -0.4 is 42.8 Å². The van der Waals surface area contributed by atoms with Crippen molar-refractivity contribution in [3.8, 4) is 5.75 Å². The lowest BCUT2D eigenvalue weighted by atomic mass is 10.1. The highest BCUT2D eigenvalue weighted by molar-refractivity contribution is 6.13. The van der Waals surface area contributed by atoms with Crippen molar-refractivity contribution in [1.29, 1.82) is 0 Å². The molecule has 21 nitrogen and oxygen atoms in total. The molecule has 0 bridgehead atoms. The van der Waals surface area contributed by atoms with Crippen molar-refractivity contribution in [2.24, 2.45) is 16.5 Å². The molecule has 10 N–H and O–H groups in total. The summed E-state index contributed by atoms with van der Waals surface area (Å²) in [4.78, 5) is 101. The Labute approximate surface area is 332 Å². The molecule has 0 saturated carbocycles. The largest absolute Gasteiger partial charge is 0.492 e. The molecular formula is C37H47N9O12. The molecular weight excluding hydrogens is 762 g/mol. The van der Waals surface area contributed by atoms with E-state index in [2.05, 4.69) is 31.6 Å². The van der Waals surface area contributed by atoms with Gasteiger partial charge in [-0.2, -0.15) is 0 Å². The first-order chi connectivity index (χ1) is 27.8. The van der Waals surface area contributed by atoms with Crippen molar-refractivity contribution in [2.75, 3.05) is 71.1 Å². The van der Waals surface area contributed by atoms with Crippen LogP contribution in [0.25, 0.3) is 0 Å². The van der Waals surface area contributed by atoms with Gasteiger partial charge in [-0.1, -0.05) is 6.07 Å². The van der Waals surface area contributed by atoms with Crippen LogP contribution in [-0.4, -0.2) is 135 Å². The summed E-state index contributed by atoms with van der Waals surface area (Å²) in [5, 5.41) is 21.9. The Kier molecular flexibility index (Phi) is 19.5. The Morgan fingerprint density at radius 3 is 2.12 bits per heavy atom. The second-order valence-corrected chi connectivity index (χ2v) is 12.2. The minimum Gasteiger partial charge on any atom is -0.492 e. The van der Waals surface area contributed by atoms with Gasteiger partial charge in [0.1, 0.15) is 24.2 Å². The second-order valence-electron chi connectivity index (χ2n) is 12.2. The van der Waals surface area contributed by atoms with Crippen LogP contribution in [-0.2, 0) is 43.0 Å². The Balaban J connectivity index is 1.25. The highest BCUT2D eigenvalue weighted by atomic mass is 16.5. The SMILES string of the molecule is NC/C(N)=N/c1cccc(C(=O)NCC(=O)N[C@@H](CC(=O)O)C(=O)Nc2ccc(OCCNC(=O)CCOCCOCCNC(=O)CCN3C(=O)C=CC3=O)cc2)c1. The molecule has 1 aliphatic heterocycles. The van der Waals surface area contributed by atoms with Crippen molar-refractivity contribution < 1.29 is 57.7 Å². The fraction of sp³-hybridized carbons (Fsp3) is 0.378. The lowest BCUT2D eigenvalue weighted by Crippen LogP contribution is -2.48. The molecule has 58 heavy (non-hydrogen) atoms. The average Bonchev–Trinajstić information content (AvgIpc) is 3.52. The zero-order valence-electron chi connectivity index (χ0n) is 31.5. The van der Waals surface area contributed by atoms with E-state index in [1.54, 1.807) is 24.3 Å². The summed E-state index contributed by atoms with van der Waals surface area (Å²) in [6, 6.07) is 10.8. The minimum atomic E-state index is -1.46. The predicted molar refractivity (Wildman–Crippen MR) is 207 cm³/mol. The van der Waals surface area contributed by atoms with Gasteiger partial charge in [0.25, 0.3) is 17.7 Å². The molecule has 7 amide bonds. The molecule has 2 aromatic carbocycles.